The van der Waals surface area contributed by atoms with Crippen molar-refractivity contribution in [1.29, 1.82) is 0 Å². The van der Waals surface area contributed by atoms with Gasteiger partial charge in [0, 0.05) is 0 Å². The minimum Gasteiger partial charge on any atom is -0.317 e. The van der Waals surface area contributed by atoms with Gasteiger partial charge in [-0.25, -0.2) is 0 Å². The van der Waals surface area contributed by atoms with Gasteiger partial charge in [-0.2, -0.15) is 13.2 Å². The largest absolute Gasteiger partial charge is 0.393 e. The minimum atomic E-state index is -4.11. The van der Waals surface area contributed by atoms with E-state index in [4.69, 9.17) is 0 Å². The molecule has 1 heterocycles. The summed E-state index contributed by atoms with van der Waals surface area (Å²) < 4.78 is 36.6. The fourth-order valence-corrected chi connectivity index (χ4v) is 2.44. The van der Waals surface area contributed by atoms with E-state index in [0.29, 0.717) is 11.5 Å². The number of alkyl halides is 3. The van der Waals surface area contributed by atoms with E-state index < -0.39 is 12.6 Å². The lowest BCUT2D eigenvalue weighted by Crippen LogP contribution is -2.28. The van der Waals surface area contributed by atoms with Crippen molar-refractivity contribution < 1.29 is 13.2 Å². The number of hydrogen-bond donors (Lipinski definition) is 1. The Kier molecular flexibility index (Phi) is 4.27. The normalized spacial score (nSPS) is 17.9. The maximum atomic E-state index is 12.2. The fourth-order valence-electron chi connectivity index (χ4n) is 2.44. The van der Waals surface area contributed by atoms with E-state index >= 15 is 0 Å². The van der Waals surface area contributed by atoms with Crippen LogP contribution in [-0.4, -0.2) is 19.3 Å². The predicted octanol–water partition coefficient (Wildman–Crippen LogP) is 3.33. The topological polar surface area (TPSA) is 12.0 Å². The van der Waals surface area contributed by atoms with Crippen molar-refractivity contribution >= 4 is 0 Å². The van der Waals surface area contributed by atoms with Gasteiger partial charge < -0.3 is 5.32 Å². The molecule has 0 spiro atoms. The second-order valence-corrected chi connectivity index (χ2v) is 5.01. The molecule has 100 valence electrons. The summed E-state index contributed by atoms with van der Waals surface area (Å²) in [5.41, 5.74) is 1.49. The number of hydrogen-bond acceptors (Lipinski definition) is 1. The molecule has 0 aliphatic carbocycles. The number of rotatable bonds is 3. The van der Waals surface area contributed by atoms with Crippen molar-refractivity contribution in [1.82, 2.24) is 5.32 Å². The zero-order valence-electron chi connectivity index (χ0n) is 10.3. The number of piperidine rings is 1. The van der Waals surface area contributed by atoms with E-state index in [-0.39, 0.29) is 0 Å². The van der Waals surface area contributed by atoms with E-state index in [1.165, 1.54) is 0 Å². The Morgan fingerprint density at radius 1 is 1.00 bits per heavy atom. The second-order valence-electron chi connectivity index (χ2n) is 5.01. The van der Waals surface area contributed by atoms with Crippen LogP contribution >= 0.6 is 0 Å². The van der Waals surface area contributed by atoms with Crippen LogP contribution in [0.5, 0.6) is 0 Å². The molecule has 2 rings (SSSR count). The summed E-state index contributed by atoms with van der Waals surface area (Å²) >= 11 is 0. The molecule has 18 heavy (non-hydrogen) atoms. The Morgan fingerprint density at radius 2 is 1.56 bits per heavy atom. The average molecular weight is 257 g/mol. The highest BCUT2D eigenvalue weighted by Crippen LogP contribution is 2.23. The molecule has 0 amide bonds. The van der Waals surface area contributed by atoms with E-state index in [2.05, 4.69) is 5.32 Å². The Labute approximate surface area is 105 Å². The Morgan fingerprint density at radius 3 is 2.11 bits per heavy atom. The summed E-state index contributed by atoms with van der Waals surface area (Å²) in [6.07, 6.45) is -1.65. The second kappa shape index (κ2) is 5.74. The van der Waals surface area contributed by atoms with Crippen molar-refractivity contribution in [3.05, 3.63) is 35.4 Å². The lowest BCUT2D eigenvalue weighted by atomic mass is 9.90. The Balaban J connectivity index is 1.90. The molecule has 0 aromatic heterocycles. The zero-order valence-corrected chi connectivity index (χ0v) is 10.3. The number of halogens is 3. The molecule has 1 fully saturated rings. The first-order valence-corrected chi connectivity index (χ1v) is 6.38. The SMILES string of the molecule is FC(F)(F)Cc1ccc(CC2CCNCC2)cc1. The van der Waals surface area contributed by atoms with Gasteiger partial charge in [-0.1, -0.05) is 24.3 Å². The average Bonchev–Trinajstić information content (AvgIpc) is 2.31. The Hall–Kier alpha value is -1.03. The van der Waals surface area contributed by atoms with Gasteiger partial charge >= 0.3 is 6.18 Å². The molecule has 1 saturated heterocycles. The van der Waals surface area contributed by atoms with Crippen LogP contribution in [0.4, 0.5) is 13.2 Å². The standard InChI is InChI=1S/C14H18F3N/c15-14(16,17)10-13-3-1-11(2-4-13)9-12-5-7-18-8-6-12/h1-4,12,18H,5-10H2. The predicted molar refractivity (Wildman–Crippen MR) is 65.5 cm³/mol. The highest BCUT2D eigenvalue weighted by Gasteiger charge is 2.27. The summed E-state index contributed by atoms with van der Waals surface area (Å²) in [5, 5.41) is 3.31. The highest BCUT2D eigenvalue weighted by atomic mass is 19.4. The zero-order chi connectivity index (χ0) is 13.0. The molecular formula is C14H18F3N. The van der Waals surface area contributed by atoms with E-state index in [1.807, 2.05) is 12.1 Å². The maximum Gasteiger partial charge on any atom is 0.393 e. The van der Waals surface area contributed by atoms with Crippen LogP contribution in [0.1, 0.15) is 24.0 Å². The highest BCUT2D eigenvalue weighted by molar-refractivity contribution is 5.23. The van der Waals surface area contributed by atoms with Gasteiger partial charge in [0.25, 0.3) is 0 Å². The van der Waals surface area contributed by atoms with E-state index in [1.54, 1.807) is 12.1 Å². The fraction of sp³-hybridized carbons (Fsp3) is 0.571. The van der Waals surface area contributed by atoms with E-state index in [9.17, 15) is 13.2 Å². The molecule has 1 N–H and O–H groups in total. The smallest absolute Gasteiger partial charge is 0.317 e. The van der Waals surface area contributed by atoms with Crippen LogP contribution in [0.25, 0.3) is 0 Å². The summed E-state index contributed by atoms with van der Waals surface area (Å²) in [5.74, 6) is 0.666. The van der Waals surface area contributed by atoms with Crippen molar-refractivity contribution in [2.24, 2.45) is 5.92 Å². The van der Waals surface area contributed by atoms with Gasteiger partial charge in [-0.05, 0) is 49.4 Å². The van der Waals surface area contributed by atoms with Crippen LogP contribution < -0.4 is 5.32 Å². The van der Waals surface area contributed by atoms with Crippen molar-refractivity contribution in [3.63, 3.8) is 0 Å². The summed E-state index contributed by atoms with van der Waals surface area (Å²) in [4.78, 5) is 0. The quantitative estimate of drug-likeness (QED) is 0.875. The lowest BCUT2D eigenvalue weighted by molar-refractivity contribution is -0.127. The van der Waals surface area contributed by atoms with Gasteiger partial charge in [0.1, 0.15) is 0 Å². The van der Waals surface area contributed by atoms with Crippen LogP contribution in [0, 0.1) is 5.92 Å². The molecule has 1 aromatic rings. The molecule has 0 atom stereocenters. The molecule has 1 aliphatic heterocycles. The first-order valence-electron chi connectivity index (χ1n) is 6.38. The first-order chi connectivity index (χ1) is 8.53. The van der Waals surface area contributed by atoms with Gasteiger partial charge in [-0.3, -0.25) is 0 Å². The molecule has 4 heteroatoms. The number of benzene rings is 1. The van der Waals surface area contributed by atoms with Gasteiger partial charge in [0.2, 0.25) is 0 Å². The monoisotopic (exact) mass is 257 g/mol. The van der Waals surface area contributed by atoms with Crippen molar-refractivity contribution in [2.45, 2.75) is 31.9 Å². The van der Waals surface area contributed by atoms with Crippen molar-refractivity contribution in [2.75, 3.05) is 13.1 Å². The molecule has 0 unspecified atom stereocenters. The Bertz CT molecular complexity index is 364. The third-order valence-corrected chi connectivity index (χ3v) is 3.41. The van der Waals surface area contributed by atoms with Crippen LogP contribution in [0.3, 0.4) is 0 Å². The minimum absolute atomic E-state index is 0.344. The molecule has 0 radical (unpaired) electrons. The molecule has 1 aromatic carbocycles. The van der Waals surface area contributed by atoms with Gasteiger partial charge in [0.15, 0.2) is 0 Å². The first kappa shape index (κ1) is 13.4. The van der Waals surface area contributed by atoms with Crippen LogP contribution in [-0.2, 0) is 12.8 Å². The molecular weight excluding hydrogens is 239 g/mol. The van der Waals surface area contributed by atoms with Gasteiger partial charge in [0.05, 0.1) is 6.42 Å². The molecule has 1 aliphatic rings. The summed E-state index contributed by atoms with van der Waals surface area (Å²) in [6, 6.07) is 6.88. The molecule has 1 nitrogen and oxygen atoms in total. The van der Waals surface area contributed by atoms with Gasteiger partial charge in [-0.15, -0.1) is 0 Å². The molecule has 0 saturated carbocycles. The summed E-state index contributed by atoms with van der Waals surface area (Å²) in [6.45, 7) is 2.10. The summed E-state index contributed by atoms with van der Waals surface area (Å²) in [7, 11) is 0. The maximum absolute atomic E-state index is 12.2. The number of nitrogens with one attached hydrogen (secondary N) is 1. The van der Waals surface area contributed by atoms with E-state index in [0.717, 1.165) is 37.9 Å². The third kappa shape index (κ3) is 4.33. The lowest BCUT2D eigenvalue weighted by Gasteiger charge is -2.22. The van der Waals surface area contributed by atoms with Crippen molar-refractivity contribution in [3.8, 4) is 0 Å². The third-order valence-electron chi connectivity index (χ3n) is 3.41. The van der Waals surface area contributed by atoms with Crippen LogP contribution in [0.2, 0.25) is 0 Å². The molecule has 0 bridgehead atoms. The van der Waals surface area contributed by atoms with Crippen LogP contribution in [0.15, 0.2) is 24.3 Å².